The van der Waals surface area contributed by atoms with Crippen molar-refractivity contribution in [1.82, 2.24) is 5.32 Å². The first kappa shape index (κ1) is 35.2. The summed E-state index contributed by atoms with van der Waals surface area (Å²) in [6.07, 6.45) is 7.85. The number of quaternary nitrogens is 1. The van der Waals surface area contributed by atoms with Gasteiger partial charge in [0.15, 0.2) is 12.4 Å². The number of hydrogen-bond donors (Lipinski definition) is 3. The summed E-state index contributed by atoms with van der Waals surface area (Å²) in [5.41, 5.74) is 1.02. The van der Waals surface area contributed by atoms with Gasteiger partial charge in [-0.05, 0) is 62.8 Å². The topological polar surface area (TPSA) is 175 Å². The summed E-state index contributed by atoms with van der Waals surface area (Å²) in [4.78, 5) is 36.5. The molecule has 0 saturated carbocycles. The summed E-state index contributed by atoms with van der Waals surface area (Å²) < 4.78 is 44.4. The van der Waals surface area contributed by atoms with Gasteiger partial charge >= 0.3 is 12.1 Å². The first-order valence-electron chi connectivity index (χ1n) is 14.8. The Morgan fingerprint density at radius 3 is 2.26 bits per heavy atom. The number of likely N-dealkylation sites (tertiary alicyclic amines) is 1. The number of esters is 1. The van der Waals surface area contributed by atoms with Crippen molar-refractivity contribution in [2.24, 2.45) is 5.92 Å². The lowest BCUT2D eigenvalue weighted by Crippen LogP contribution is -2.58. The van der Waals surface area contributed by atoms with Crippen molar-refractivity contribution in [1.29, 1.82) is 5.41 Å². The first-order valence-corrected chi connectivity index (χ1v) is 16.4. The number of anilines is 1. The molecule has 12 nitrogen and oxygen atoms in total. The molecule has 1 aliphatic heterocycles. The highest BCUT2D eigenvalue weighted by molar-refractivity contribution is 7.85. The third-order valence-electron chi connectivity index (χ3n) is 7.42. The van der Waals surface area contributed by atoms with Crippen LogP contribution >= 0.6 is 0 Å². The molecule has 3 N–H and O–H groups in total. The Morgan fingerprint density at radius 2 is 1.64 bits per heavy atom. The van der Waals surface area contributed by atoms with Crippen LogP contribution in [-0.4, -0.2) is 80.0 Å². The highest BCUT2D eigenvalue weighted by Crippen LogP contribution is 2.28. The van der Waals surface area contributed by atoms with Crippen molar-refractivity contribution in [2.45, 2.75) is 78.1 Å². The minimum Gasteiger partial charge on any atom is -0.744 e. The molecular formula is C29H46N4O8S. The second-order valence-corrected chi connectivity index (χ2v) is 12.3. The number of amides is 2. The number of ether oxygens (including phenoxy) is 2. The van der Waals surface area contributed by atoms with Crippen molar-refractivity contribution < 1.29 is 41.3 Å². The SMILES string of the molecule is CCCCCCCCOC(=O)NC(=N)c1ccc(NC(=O)CCC2CC[N+](CC(=O)OCC)(CS(=O)(=O)[O-])CC2)cc1. The maximum Gasteiger partial charge on any atom is 0.412 e. The van der Waals surface area contributed by atoms with Crippen LogP contribution in [0.15, 0.2) is 24.3 Å². The minimum absolute atomic E-state index is 0.0969. The number of benzene rings is 1. The van der Waals surface area contributed by atoms with E-state index in [4.69, 9.17) is 14.9 Å². The number of piperidine rings is 1. The number of rotatable bonds is 17. The Balaban J connectivity index is 1.73. The van der Waals surface area contributed by atoms with Crippen LogP contribution in [0.25, 0.3) is 0 Å². The number of nitrogens with zero attached hydrogens (tertiary/aromatic N) is 1. The normalized spacial score (nSPS) is 18.6. The predicted octanol–water partition coefficient (Wildman–Crippen LogP) is 4.11. The third kappa shape index (κ3) is 13.8. The van der Waals surface area contributed by atoms with E-state index >= 15 is 0 Å². The molecule has 1 aliphatic rings. The molecule has 42 heavy (non-hydrogen) atoms. The van der Waals surface area contributed by atoms with Crippen molar-refractivity contribution in [3.8, 4) is 0 Å². The van der Waals surface area contributed by atoms with Crippen LogP contribution < -0.4 is 10.6 Å². The molecule has 0 bridgehead atoms. The predicted molar refractivity (Wildman–Crippen MR) is 158 cm³/mol. The highest BCUT2D eigenvalue weighted by Gasteiger charge is 2.38. The van der Waals surface area contributed by atoms with Gasteiger partial charge in [-0.25, -0.2) is 18.0 Å². The fourth-order valence-corrected chi connectivity index (χ4v) is 6.16. The van der Waals surface area contributed by atoms with Crippen molar-refractivity contribution in [2.75, 3.05) is 44.0 Å². The molecule has 1 fully saturated rings. The second kappa shape index (κ2) is 17.8. The molecule has 236 valence electrons. The van der Waals surface area contributed by atoms with Crippen LogP contribution in [0, 0.1) is 11.3 Å². The molecule has 1 heterocycles. The molecular weight excluding hydrogens is 564 g/mol. The van der Waals surface area contributed by atoms with Crippen LogP contribution in [-0.2, 0) is 29.2 Å². The Labute approximate surface area is 249 Å². The minimum atomic E-state index is -4.53. The summed E-state index contributed by atoms with van der Waals surface area (Å²) in [6.45, 7) is 4.85. The van der Waals surface area contributed by atoms with Crippen LogP contribution in [0.5, 0.6) is 0 Å². The van der Waals surface area contributed by atoms with E-state index in [1.165, 1.54) is 19.3 Å². The molecule has 13 heteroatoms. The number of nitrogens with one attached hydrogen (secondary N) is 3. The number of amidine groups is 1. The van der Waals surface area contributed by atoms with Crippen molar-refractivity contribution in [3.63, 3.8) is 0 Å². The van der Waals surface area contributed by atoms with Crippen LogP contribution in [0.4, 0.5) is 10.5 Å². The van der Waals surface area contributed by atoms with Gasteiger partial charge in [-0.15, -0.1) is 0 Å². The molecule has 1 aromatic carbocycles. The lowest BCUT2D eigenvalue weighted by atomic mass is 9.91. The number of carbonyl (C=O) groups excluding carboxylic acids is 3. The standard InChI is InChI=1S/C29H46N4O8S/c1-3-5-6-7-8-9-20-41-29(36)32-28(30)24-11-13-25(14-12-24)31-26(34)15-10-23-16-18-33(19-17-23,22-42(37,38)39)21-27(35)40-4-2/h11-14,23H,3-10,15-22H2,1-2H3,(H3-,30,31,32,34,36,37,38,39). The Bertz CT molecular complexity index is 1130. The summed E-state index contributed by atoms with van der Waals surface area (Å²) in [7, 11) is -4.53. The summed E-state index contributed by atoms with van der Waals surface area (Å²) in [5.74, 6) is -1.30. The van der Waals surface area contributed by atoms with Gasteiger partial charge in [0.25, 0.3) is 0 Å². The molecule has 0 spiro atoms. The van der Waals surface area contributed by atoms with Crippen LogP contribution in [0.1, 0.15) is 83.6 Å². The Hall–Kier alpha value is -3.03. The fraction of sp³-hybridized carbons (Fsp3) is 0.655. The second-order valence-electron chi connectivity index (χ2n) is 11.0. The molecule has 1 aromatic rings. The van der Waals surface area contributed by atoms with Gasteiger partial charge < -0.3 is 23.8 Å². The zero-order valence-corrected chi connectivity index (χ0v) is 25.6. The fourth-order valence-electron chi connectivity index (χ4n) is 5.14. The molecule has 2 amide bonds. The van der Waals surface area contributed by atoms with E-state index in [9.17, 15) is 27.4 Å². The van der Waals surface area contributed by atoms with E-state index in [1.807, 2.05) is 0 Å². The quantitative estimate of drug-likeness (QED) is 0.0590. The zero-order valence-electron chi connectivity index (χ0n) is 24.8. The van der Waals surface area contributed by atoms with Gasteiger partial charge in [0.2, 0.25) is 5.91 Å². The third-order valence-corrected chi connectivity index (χ3v) is 8.28. The lowest BCUT2D eigenvalue weighted by Gasteiger charge is -2.43. The first-order chi connectivity index (χ1) is 19.9. The van der Waals surface area contributed by atoms with Gasteiger partial charge in [-0.1, -0.05) is 39.0 Å². The Morgan fingerprint density at radius 1 is 1.00 bits per heavy atom. The monoisotopic (exact) mass is 610 g/mol. The maximum atomic E-state index is 12.5. The molecule has 2 rings (SSSR count). The Kier molecular flexibility index (Phi) is 14.9. The summed E-state index contributed by atoms with van der Waals surface area (Å²) in [5, 5.41) is 13.3. The molecule has 0 unspecified atom stereocenters. The van der Waals surface area contributed by atoms with E-state index in [1.54, 1.807) is 31.2 Å². The lowest BCUT2D eigenvalue weighted by molar-refractivity contribution is -0.916. The van der Waals surface area contributed by atoms with Crippen LogP contribution in [0.2, 0.25) is 0 Å². The van der Waals surface area contributed by atoms with E-state index in [2.05, 4.69) is 17.6 Å². The average Bonchev–Trinajstić information content (AvgIpc) is 2.91. The largest absolute Gasteiger partial charge is 0.744 e. The summed E-state index contributed by atoms with van der Waals surface area (Å²) >= 11 is 0. The van der Waals surface area contributed by atoms with Gasteiger partial charge in [0, 0.05) is 17.7 Å². The van der Waals surface area contributed by atoms with Gasteiger partial charge in [-0.3, -0.25) is 15.5 Å². The van der Waals surface area contributed by atoms with Crippen molar-refractivity contribution >= 4 is 39.6 Å². The van der Waals surface area contributed by atoms with Gasteiger partial charge in [0.05, 0.1) is 26.3 Å². The smallest absolute Gasteiger partial charge is 0.412 e. The van der Waals surface area contributed by atoms with Crippen molar-refractivity contribution in [3.05, 3.63) is 29.8 Å². The van der Waals surface area contributed by atoms with E-state index in [-0.39, 0.29) is 41.7 Å². The number of carbonyl (C=O) groups is 3. The highest BCUT2D eigenvalue weighted by atomic mass is 32.2. The molecule has 0 aromatic heterocycles. The molecule has 1 saturated heterocycles. The summed E-state index contributed by atoms with van der Waals surface area (Å²) in [6, 6.07) is 6.54. The number of hydrogen-bond acceptors (Lipinski definition) is 9. The van der Waals surface area contributed by atoms with Crippen LogP contribution in [0.3, 0.4) is 0 Å². The van der Waals surface area contributed by atoms with Gasteiger partial charge in [0.1, 0.15) is 16.0 Å². The average molecular weight is 611 g/mol. The molecule has 0 atom stereocenters. The van der Waals surface area contributed by atoms with E-state index in [0.717, 1.165) is 19.3 Å². The molecule has 0 aliphatic carbocycles. The van der Waals surface area contributed by atoms with E-state index in [0.29, 0.717) is 50.2 Å². The molecule has 0 radical (unpaired) electrons. The van der Waals surface area contributed by atoms with E-state index < -0.39 is 28.1 Å². The number of alkyl carbamates (subject to hydrolysis) is 1. The van der Waals surface area contributed by atoms with Gasteiger partial charge in [-0.2, -0.15) is 0 Å². The maximum absolute atomic E-state index is 12.5. The zero-order chi connectivity index (χ0) is 31.0. The number of unbranched alkanes of at least 4 members (excludes halogenated alkanes) is 5.